The molecule has 2 aromatic rings. The van der Waals surface area contributed by atoms with E-state index in [0.717, 1.165) is 63.0 Å². The van der Waals surface area contributed by atoms with Gasteiger partial charge in [0.1, 0.15) is 0 Å². The number of aliphatic imine (C=N–C) groups is 1. The van der Waals surface area contributed by atoms with E-state index in [1.54, 1.807) is 0 Å². The van der Waals surface area contributed by atoms with Gasteiger partial charge in [0.15, 0.2) is 17.5 Å². The molecule has 0 radical (unpaired) electrons. The highest BCUT2D eigenvalue weighted by atomic mass is 127. The van der Waals surface area contributed by atoms with Crippen molar-refractivity contribution in [2.75, 3.05) is 40.1 Å². The highest BCUT2D eigenvalue weighted by Gasteiger charge is 2.35. The van der Waals surface area contributed by atoms with Crippen molar-refractivity contribution in [1.29, 1.82) is 0 Å². The summed E-state index contributed by atoms with van der Waals surface area (Å²) in [4.78, 5) is 4.40. The van der Waals surface area contributed by atoms with Crippen LogP contribution in [0, 0.1) is 0 Å². The first-order chi connectivity index (χ1) is 14.3. The number of hydrogen-bond donors (Lipinski definition) is 2. The summed E-state index contributed by atoms with van der Waals surface area (Å²) in [5.41, 5.74) is 2.56. The van der Waals surface area contributed by atoms with Crippen LogP contribution in [-0.4, -0.2) is 46.1 Å². The molecule has 4 rings (SSSR count). The molecule has 2 N–H and O–H groups in total. The van der Waals surface area contributed by atoms with E-state index in [4.69, 9.17) is 14.2 Å². The third-order valence-electron chi connectivity index (χ3n) is 5.80. The van der Waals surface area contributed by atoms with Gasteiger partial charge < -0.3 is 24.8 Å². The molecule has 0 aromatic heterocycles. The van der Waals surface area contributed by atoms with Gasteiger partial charge in [-0.3, -0.25) is 4.99 Å². The van der Waals surface area contributed by atoms with Crippen molar-refractivity contribution < 1.29 is 14.2 Å². The van der Waals surface area contributed by atoms with Gasteiger partial charge in [-0.1, -0.05) is 36.4 Å². The van der Waals surface area contributed by atoms with Crippen LogP contribution in [0.3, 0.4) is 0 Å². The number of halogens is 1. The molecule has 2 aliphatic rings. The Kier molecular flexibility index (Phi) is 8.21. The lowest BCUT2D eigenvalue weighted by molar-refractivity contribution is 0.0513. The maximum Gasteiger partial charge on any atom is 0.231 e. The molecule has 0 spiro atoms. The first-order valence-electron chi connectivity index (χ1n) is 10.3. The Morgan fingerprint density at radius 1 is 1.00 bits per heavy atom. The van der Waals surface area contributed by atoms with E-state index in [9.17, 15) is 0 Å². The minimum atomic E-state index is -0.0176. The molecule has 0 aliphatic carbocycles. The zero-order chi connectivity index (χ0) is 19.9. The van der Waals surface area contributed by atoms with Crippen LogP contribution in [0.25, 0.3) is 0 Å². The predicted molar refractivity (Wildman–Crippen MR) is 129 cm³/mol. The Hall–Kier alpha value is -2.00. The summed E-state index contributed by atoms with van der Waals surface area (Å²) in [5, 5.41) is 6.97. The van der Waals surface area contributed by atoms with Crippen LogP contribution in [-0.2, 0) is 16.6 Å². The molecule has 0 saturated carbocycles. The van der Waals surface area contributed by atoms with Gasteiger partial charge in [-0.25, -0.2) is 0 Å². The Bertz CT molecular complexity index is 839. The zero-order valence-electron chi connectivity index (χ0n) is 17.4. The van der Waals surface area contributed by atoms with Crippen LogP contribution in [0.2, 0.25) is 0 Å². The van der Waals surface area contributed by atoms with Crippen molar-refractivity contribution >= 4 is 29.9 Å². The summed E-state index contributed by atoms with van der Waals surface area (Å²) >= 11 is 0. The number of rotatable bonds is 6. The van der Waals surface area contributed by atoms with Crippen LogP contribution in [0.4, 0.5) is 0 Å². The molecular weight excluding hydrogens is 493 g/mol. The van der Waals surface area contributed by atoms with Crippen LogP contribution < -0.4 is 20.1 Å². The van der Waals surface area contributed by atoms with Gasteiger partial charge >= 0.3 is 0 Å². The Morgan fingerprint density at radius 3 is 2.53 bits per heavy atom. The lowest BCUT2D eigenvalue weighted by Gasteiger charge is -2.38. The second kappa shape index (κ2) is 10.9. The summed E-state index contributed by atoms with van der Waals surface area (Å²) in [7, 11) is 1.81. The number of nitrogens with one attached hydrogen (secondary N) is 2. The molecule has 1 fully saturated rings. The van der Waals surface area contributed by atoms with E-state index < -0.39 is 0 Å². The van der Waals surface area contributed by atoms with Crippen LogP contribution in [0.5, 0.6) is 11.5 Å². The van der Waals surface area contributed by atoms with E-state index in [-0.39, 0.29) is 29.4 Å². The Balaban J connectivity index is 0.00000256. The Morgan fingerprint density at radius 2 is 1.77 bits per heavy atom. The average Bonchev–Trinajstić information content (AvgIpc) is 3.25. The Labute approximate surface area is 195 Å². The summed E-state index contributed by atoms with van der Waals surface area (Å²) in [6.07, 6.45) is 2.88. The van der Waals surface area contributed by atoms with Gasteiger partial charge in [0, 0.05) is 38.8 Å². The van der Waals surface area contributed by atoms with Gasteiger partial charge in [0.05, 0.1) is 0 Å². The van der Waals surface area contributed by atoms with Crippen LogP contribution in [0.1, 0.15) is 24.0 Å². The molecule has 0 atom stereocenters. The van der Waals surface area contributed by atoms with Gasteiger partial charge in [0.2, 0.25) is 6.79 Å². The molecular formula is C23H30IN3O3. The third-order valence-corrected chi connectivity index (χ3v) is 5.80. The fraction of sp³-hybridized carbons (Fsp3) is 0.435. The number of guanidine groups is 1. The van der Waals surface area contributed by atoms with Crippen LogP contribution >= 0.6 is 24.0 Å². The highest BCUT2D eigenvalue weighted by molar-refractivity contribution is 14.0. The topological polar surface area (TPSA) is 64.1 Å². The maximum atomic E-state index is 5.66. The lowest BCUT2D eigenvalue weighted by Crippen LogP contribution is -2.48. The minimum Gasteiger partial charge on any atom is -0.454 e. The van der Waals surface area contributed by atoms with E-state index >= 15 is 0 Å². The molecule has 2 aromatic carbocycles. The van der Waals surface area contributed by atoms with Crippen molar-refractivity contribution in [2.45, 2.75) is 24.7 Å². The maximum absolute atomic E-state index is 5.66. The average molecular weight is 523 g/mol. The van der Waals surface area contributed by atoms with Gasteiger partial charge in [-0.2, -0.15) is 0 Å². The van der Waals surface area contributed by atoms with E-state index in [2.05, 4.69) is 52.0 Å². The number of fused-ring (bicyclic) bond motifs is 1. The van der Waals surface area contributed by atoms with Gasteiger partial charge in [0.25, 0.3) is 0 Å². The zero-order valence-corrected chi connectivity index (χ0v) is 19.7. The van der Waals surface area contributed by atoms with Crippen molar-refractivity contribution in [2.24, 2.45) is 4.99 Å². The fourth-order valence-corrected chi connectivity index (χ4v) is 4.00. The summed E-state index contributed by atoms with van der Waals surface area (Å²) in [6, 6.07) is 16.8. The summed E-state index contributed by atoms with van der Waals surface area (Å²) in [5.74, 6) is 2.48. The van der Waals surface area contributed by atoms with Crippen molar-refractivity contribution in [3.63, 3.8) is 0 Å². The normalized spacial score (nSPS) is 17.2. The molecule has 6 nitrogen and oxygen atoms in total. The van der Waals surface area contributed by atoms with E-state index in [1.165, 1.54) is 11.1 Å². The van der Waals surface area contributed by atoms with Crippen LogP contribution in [0.15, 0.2) is 53.5 Å². The van der Waals surface area contributed by atoms with E-state index in [0.29, 0.717) is 6.79 Å². The largest absolute Gasteiger partial charge is 0.454 e. The second-order valence-electron chi connectivity index (χ2n) is 7.55. The third kappa shape index (κ3) is 5.37. The second-order valence-corrected chi connectivity index (χ2v) is 7.55. The number of hydrogen-bond acceptors (Lipinski definition) is 4. The molecule has 1 saturated heterocycles. The monoisotopic (exact) mass is 523 g/mol. The first-order valence-corrected chi connectivity index (χ1v) is 10.3. The first kappa shape index (κ1) is 22.7. The molecule has 0 bridgehead atoms. The number of nitrogens with zero attached hydrogens (tertiary/aromatic N) is 1. The quantitative estimate of drug-likeness (QED) is 0.345. The van der Waals surface area contributed by atoms with Crippen molar-refractivity contribution in [1.82, 2.24) is 10.6 Å². The predicted octanol–water partition coefficient (Wildman–Crippen LogP) is 3.49. The molecule has 0 unspecified atom stereocenters. The van der Waals surface area contributed by atoms with E-state index in [1.807, 2.05) is 19.2 Å². The summed E-state index contributed by atoms with van der Waals surface area (Å²) < 4.78 is 16.7. The smallest absolute Gasteiger partial charge is 0.231 e. The van der Waals surface area contributed by atoms with Gasteiger partial charge in [-0.15, -0.1) is 24.0 Å². The molecule has 7 heteroatoms. The molecule has 30 heavy (non-hydrogen) atoms. The lowest BCUT2D eigenvalue weighted by atomic mass is 9.74. The van der Waals surface area contributed by atoms with Gasteiger partial charge in [-0.05, 0) is 42.5 Å². The molecule has 2 aliphatic heterocycles. The molecule has 2 heterocycles. The minimum absolute atomic E-state index is 0. The molecule has 162 valence electrons. The number of benzene rings is 2. The SMILES string of the molecule is CN=C(NCCc1ccccc1)NCC1(c2ccc3c(c2)OCO3)CCOCC1.I. The van der Waals surface area contributed by atoms with Crippen molar-refractivity contribution in [3.05, 3.63) is 59.7 Å². The van der Waals surface area contributed by atoms with Crippen molar-refractivity contribution in [3.8, 4) is 11.5 Å². The highest BCUT2D eigenvalue weighted by Crippen LogP contribution is 2.40. The number of ether oxygens (including phenoxy) is 3. The summed E-state index contributed by atoms with van der Waals surface area (Å²) in [6.45, 7) is 3.45. The standard InChI is InChI=1S/C23H29N3O3.HI/c1-24-22(25-12-9-18-5-3-2-4-6-18)26-16-23(10-13-27-14-11-23)19-7-8-20-21(15-19)29-17-28-20;/h2-8,15H,9-14,16-17H2,1H3,(H2,24,25,26);1H. The molecule has 0 amide bonds. The fourth-order valence-electron chi connectivity index (χ4n) is 4.00.